The molecule has 2 N–H and O–H groups in total. The van der Waals surface area contributed by atoms with Crippen LogP contribution in [-0.2, 0) is 16.0 Å². The van der Waals surface area contributed by atoms with Crippen LogP contribution in [0.25, 0.3) is 0 Å². The standard InChI is InChI=1S/C33H45FN6O5/c1-20-13-37(28(15-39(20)33(42)43)14-38-21(2)17-44-18-22(38)3)16-30(41)40-23(4)19-45-32-29(40)12-25(31(36-32)35-27-9-10-27)11-24-5-7-26(34)8-6-24/h5-8,12,20-23,27-28H,9-11,13-19H2,1-4H3,(H,35,36)(H,42,43)/t20-,21-,22-,23+,28+/m1/s1. The Morgan fingerprint density at radius 3 is 2.38 bits per heavy atom. The topological polar surface area (TPSA) is 111 Å². The van der Waals surface area contributed by atoms with Crippen LogP contribution in [0.15, 0.2) is 30.3 Å². The maximum absolute atomic E-state index is 14.3. The molecule has 0 spiro atoms. The number of amides is 2. The molecule has 1 saturated carbocycles. The van der Waals surface area contributed by atoms with Gasteiger partial charge in [-0.1, -0.05) is 12.1 Å². The van der Waals surface area contributed by atoms with E-state index < -0.39 is 6.09 Å². The fraction of sp³-hybridized carbons (Fsp3) is 0.606. The Balaban J connectivity index is 1.27. The highest BCUT2D eigenvalue weighted by Crippen LogP contribution is 2.38. The normalized spacial score (nSPS) is 27.5. The molecule has 0 bridgehead atoms. The fourth-order valence-corrected chi connectivity index (χ4v) is 6.83. The van der Waals surface area contributed by atoms with Crippen LogP contribution in [0.2, 0.25) is 0 Å². The lowest BCUT2D eigenvalue weighted by Crippen LogP contribution is -2.65. The van der Waals surface area contributed by atoms with E-state index >= 15 is 0 Å². The van der Waals surface area contributed by atoms with E-state index in [0.717, 1.165) is 29.8 Å². The van der Waals surface area contributed by atoms with Crippen LogP contribution in [0.5, 0.6) is 5.88 Å². The summed E-state index contributed by atoms with van der Waals surface area (Å²) < 4.78 is 25.4. The molecule has 244 valence electrons. The van der Waals surface area contributed by atoms with Crippen LogP contribution in [-0.4, -0.2) is 119 Å². The zero-order chi connectivity index (χ0) is 31.8. The number of fused-ring (bicyclic) bond motifs is 1. The van der Waals surface area contributed by atoms with Crippen molar-refractivity contribution in [1.82, 2.24) is 19.7 Å². The van der Waals surface area contributed by atoms with Crippen LogP contribution < -0.4 is 15.0 Å². The summed E-state index contributed by atoms with van der Waals surface area (Å²) in [6.45, 7) is 11.3. The van der Waals surface area contributed by atoms with Crippen LogP contribution in [0.1, 0.15) is 51.7 Å². The minimum absolute atomic E-state index is 0.0754. The van der Waals surface area contributed by atoms with Gasteiger partial charge in [0, 0.05) is 61.8 Å². The number of carbonyl (C=O) groups is 2. The SMILES string of the molecule is C[C@@H]1CN(CC(=O)N2c3cc(Cc4ccc(F)cc4)c(NC4CC4)nc3OC[C@@H]2C)[C@@H](CN2[C@H](C)COC[C@H]2C)CN1C(=O)O. The molecular weight excluding hydrogens is 579 g/mol. The van der Waals surface area contributed by atoms with E-state index in [1.165, 1.54) is 17.0 Å². The summed E-state index contributed by atoms with van der Waals surface area (Å²) in [5.41, 5.74) is 2.49. The number of hydrogen-bond donors (Lipinski definition) is 2. The third kappa shape index (κ3) is 7.02. The zero-order valence-corrected chi connectivity index (χ0v) is 26.6. The lowest BCUT2D eigenvalue weighted by Gasteiger charge is -2.48. The zero-order valence-electron chi connectivity index (χ0n) is 26.6. The third-order valence-electron chi connectivity index (χ3n) is 9.51. The highest BCUT2D eigenvalue weighted by Gasteiger charge is 2.40. The number of rotatable bonds is 8. The first-order valence-electron chi connectivity index (χ1n) is 16.1. The number of pyridine rings is 1. The summed E-state index contributed by atoms with van der Waals surface area (Å²) in [6, 6.07) is 8.57. The van der Waals surface area contributed by atoms with Crippen molar-refractivity contribution in [2.45, 2.75) is 83.2 Å². The summed E-state index contributed by atoms with van der Waals surface area (Å²) in [7, 11) is 0. The van der Waals surface area contributed by atoms with E-state index in [2.05, 4.69) is 29.0 Å². The smallest absolute Gasteiger partial charge is 0.407 e. The van der Waals surface area contributed by atoms with Crippen molar-refractivity contribution in [3.05, 3.63) is 47.3 Å². The van der Waals surface area contributed by atoms with Crippen LogP contribution >= 0.6 is 0 Å². The van der Waals surface area contributed by atoms with Gasteiger partial charge in [-0.05, 0) is 64.3 Å². The van der Waals surface area contributed by atoms with Crippen molar-refractivity contribution < 1.29 is 28.6 Å². The molecule has 1 aromatic carbocycles. The predicted molar refractivity (Wildman–Crippen MR) is 169 cm³/mol. The van der Waals surface area contributed by atoms with Crippen molar-refractivity contribution in [3.63, 3.8) is 0 Å². The molecule has 2 aromatic rings. The third-order valence-corrected chi connectivity index (χ3v) is 9.51. The van der Waals surface area contributed by atoms with Gasteiger partial charge >= 0.3 is 6.09 Å². The predicted octanol–water partition coefficient (Wildman–Crippen LogP) is 3.66. The summed E-state index contributed by atoms with van der Waals surface area (Å²) in [5, 5.41) is 13.4. The molecule has 3 aliphatic heterocycles. The number of anilines is 2. The van der Waals surface area contributed by atoms with Crippen molar-refractivity contribution in [1.29, 1.82) is 0 Å². The number of morpholine rings is 1. The van der Waals surface area contributed by atoms with E-state index in [4.69, 9.17) is 14.5 Å². The fourth-order valence-electron chi connectivity index (χ4n) is 6.83. The molecule has 4 heterocycles. The molecule has 0 radical (unpaired) electrons. The van der Waals surface area contributed by atoms with Crippen LogP contribution in [0, 0.1) is 5.82 Å². The van der Waals surface area contributed by atoms with E-state index in [0.29, 0.717) is 63.5 Å². The number of nitrogens with zero attached hydrogens (tertiary/aromatic N) is 5. The van der Waals surface area contributed by atoms with Gasteiger partial charge in [-0.15, -0.1) is 0 Å². The molecule has 45 heavy (non-hydrogen) atoms. The first kappa shape index (κ1) is 31.5. The van der Waals surface area contributed by atoms with Gasteiger partial charge in [0.2, 0.25) is 11.8 Å². The Hall–Kier alpha value is -3.48. The van der Waals surface area contributed by atoms with E-state index in [-0.39, 0.29) is 48.5 Å². The number of hydrogen-bond acceptors (Lipinski definition) is 8. The number of nitrogens with one attached hydrogen (secondary N) is 1. The number of benzene rings is 1. The second kappa shape index (κ2) is 13.1. The van der Waals surface area contributed by atoms with Crippen molar-refractivity contribution in [3.8, 4) is 5.88 Å². The maximum atomic E-state index is 14.3. The Morgan fingerprint density at radius 2 is 1.71 bits per heavy atom. The molecule has 0 unspecified atom stereocenters. The second-order valence-corrected chi connectivity index (χ2v) is 13.3. The number of carboxylic acid groups (broad SMARTS) is 1. The molecular formula is C33H45FN6O5. The van der Waals surface area contributed by atoms with Gasteiger partial charge in [-0.2, -0.15) is 4.98 Å². The number of halogens is 1. The average Bonchev–Trinajstić information content (AvgIpc) is 3.81. The monoisotopic (exact) mass is 624 g/mol. The van der Waals surface area contributed by atoms with Gasteiger partial charge in [-0.3, -0.25) is 14.6 Å². The maximum Gasteiger partial charge on any atom is 0.407 e. The number of ether oxygens (including phenoxy) is 2. The van der Waals surface area contributed by atoms with Gasteiger partial charge in [0.15, 0.2) is 0 Å². The Labute approximate surface area is 264 Å². The van der Waals surface area contributed by atoms with Gasteiger partial charge < -0.3 is 29.7 Å². The lowest BCUT2D eigenvalue weighted by atomic mass is 10.0. The molecule has 1 aliphatic carbocycles. The Bertz CT molecular complexity index is 1380. The largest absolute Gasteiger partial charge is 0.474 e. The highest BCUT2D eigenvalue weighted by molar-refractivity contribution is 5.97. The highest BCUT2D eigenvalue weighted by atomic mass is 19.1. The molecule has 12 heteroatoms. The minimum Gasteiger partial charge on any atom is -0.474 e. The Morgan fingerprint density at radius 1 is 1.00 bits per heavy atom. The second-order valence-electron chi connectivity index (χ2n) is 13.3. The van der Waals surface area contributed by atoms with E-state index in [1.54, 1.807) is 17.0 Å². The minimum atomic E-state index is -0.937. The van der Waals surface area contributed by atoms with Crippen LogP contribution in [0.4, 0.5) is 20.7 Å². The molecule has 1 aromatic heterocycles. The molecule has 6 rings (SSSR count). The number of piperazine rings is 1. The van der Waals surface area contributed by atoms with E-state index in [1.807, 2.05) is 19.9 Å². The van der Waals surface area contributed by atoms with Gasteiger partial charge in [0.25, 0.3) is 0 Å². The number of aromatic nitrogens is 1. The van der Waals surface area contributed by atoms with Crippen molar-refractivity contribution in [2.24, 2.45) is 0 Å². The summed E-state index contributed by atoms with van der Waals surface area (Å²) in [4.78, 5) is 39.1. The van der Waals surface area contributed by atoms with Crippen LogP contribution in [0.3, 0.4) is 0 Å². The lowest BCUT2D eigenvalue weighted by molar-refractivity contribution is -0.122. The van der Waals surface area contributed by atoms with Gasteiger partial charge in [0.05, 0.1) is 25.8 Å². The summed E-state index contributed by atoms with van der Waals surface area (Å²) >= 11 is 0. The summed E-state index contributed by atoms with van der Waals surface area (Å²) in [6.07, 6.45) is 1.74. The molecule has 2 amide bonds. The van der Waals surface area contributed by atoms with Gasteiger partial charge in [-0.25, -0.2) is 9.18 Å². The number of carbonyl (C=O) groups excluding carboxylic acids is 1. The average molecular weight is 625 g/mol. The first-order chi connectivity index (χ1) is 21.6. The van der Waals surface area contributed by atoms with Gasteiger partial charge in [0.1, 0.15) is 23.9 Å². The molecule has 3 fully saturated rings. The van der Waals surface area contributed by atoms with Crippen molar-refractivity contribution in [2.75, 3.05) is 56.2 Å². The summed E-state index contributed by atoms with van der Waals surface area (Å²) in [5.74, 6) is 0.791. The molecule has 5 atom stereocenters. The van der Waals surface area contributed by atoms with E-state index in [9.17, 15) is 19.1 Å². The molecule has 11 nitrogen and oxygen atoms in total. The first-order valence-corrected chi connectivity index (χ1v) is 16.1. The molecule has 4 aliphatic rings. The molecule has 2 saturated heterocycles. The Kier molecular flexibility index (Phi) is 9.17. The van der Waals surface area contributed by atoms with Crippen molar-refractivity contribution >= 4 is 23.5 Å². The quantitative estimate of drug-likeness (QED) is 0.455.